The summed E-state index contributed by atoms with van der Waals surface area (Å²) in [7, 11) is 0. The molecule has 7 N–H and O–H groups in total. The lowest BCUT2D eigenvalue weighted by atomic mass is 10.1. The Hall–Kier alpha value is -2.42. The van der Waals surface area contributed by atoms with Crippen molar-refractivity contribution in [3.8, 4) is 0 Å². The molecule has 2 fully saturated rings. The minimum atomic E-state index is -0.949. The van der Waals surface area contributed by atoms with E-state index in [4.69, 9.17) is 10.5 Å². The maximum absolute atomic E-state index is 12.8. The van der Waals surface area contributed by atoms with Crippen LogP contribution < -0.4 is 27.0 Å². The zero-order valence-electron chi connectivity index (χ0n) is 20.2. The Morgan fingerprint density at radius 2 is 1.86 bits per heavy atom. The SMILES string of the molecule is Nc1ncnc2c1ncn2[C@H]1C[C@H](O)[C@@H](C(=O)NCCN2CCCNCCNCCCNCC2)O1. The van der Waals surface area contributed by atoms with Gasteiger partial charge in [0.2, 0.25) is 0 Å². The van der Waals surface area contributed by atoms with Crippen LogP contribution in [-0.4, -0.2) is 113 Å². The molecule has 2 aliphatic rings. The normalized spacial score (nSPS) is 25.9. The van der Waals surface area contributed by atoms with Crippen LogP contribution in [0.2, 0.25) is 0 Å². The van der Waals surface area contributed by atoms with Gasteiger partial charge in [-0.1, -0.05) is 0 Å². The molecule has 3 atom stereocenters. The molecule has 2 saturated heterocycles. The molecule has 2 aliphatic heterocycles. The van der Waals surface area contributed by atoms with Gasteiger partial charge in [-0.25, -0.2) is 15.0 Å². The number of imidazole rings is 1. The van der Waals surface area contributed by atoms with Crippen LogP contribution in [0, 0.1) is 0 Å². The smallest absolute Gasteiger partial charge is 0.251 e. The van der Waals surface area contributed by atoms with E-state index >= 15 is 0 Å². The Kier molecular flexibility index (Phi) is 9.57. The van der Waals surface area contributed by atoms with Crippen molar-refractivity contribution in [2.24, 2.45) is 0 Å². The number of aliphatic hydroxyl groups is 1. The minimum Gasteiger partial charge on any atom is -0.390 e. The number of hydrogen-bond acceptors (Lipinski definition) is 11. The van der Waals surface area contributed by atoms with Gasteiger partial charge in [0.25, 0.3) is 5.91 Å². The summed E-state index contributed by atoms with van der Waals surface area (Å²) in [5.74, 6) is -0.0368. The van der Waals surface area contributed by atoms with Crippen molar-refractivity contribution >= 4 is 22.9 Å². The molecule has 194 valence electrons. The lowest BCUT2D eigenvalue weighted by Gasteiger charge is -2.24. The number of hydrogen-bond donors (Lipinski definition) is 6. The van der Waals surface area contributed by atoms with Gasteiger partial charge in [-0.2, -0.15) is 0 Å². The molecule has 0 saturated carbocycles. The van der Waals surface area contributed by atoms with Gasteiger partial charge in [-0.05, 0) is 39.0 Å². The number of nitrogens with one attached hydrogen (secondary N) is 4. The number of aromatic nitrogens is 4. The van der Waals surface area contributed by atoms with Crippen LogP contribution in [0.3, 0.4) is 0 Å². The maximum atomic E-state index is 12.8. The van der Waals surface area contributed by atoms with Crippen molar-refractivity contribution < 1.29 is 14.6 Å². The van der Waals surface area contributed by atoms with Gasteiger partial charge >= 0.3 is 0 Å². The standard InChI is InChI=1S/C22H38N10O3/c23-20-18-21(29-14-28-20)32(15-30-18)17-13-16(33)19(35-17)22(34)27-9-12-31-10-2-5-25-7-6-24-3-1-4-26-8-11-31/h14-17,19,24-26,33H,1-13H2,(H,27,34)(H2,23,28,29)/t16-,17+,19-/m0/s1. The molecule has 0 radical (unpaired) electrons. The zero-order valence-corrected chi connectivity index (χ0v) is 20.2. The second kappa shape index (κ2) is 13.0. The summed E-state index contributed by atoms with van der Waals surface area (Å²) < 4.78 is 7.59. The predicted molar refractivity (Wildman–Crippen MR) is 132 cm³/mol. The van der Waals surface area contributed by atoms with E-state index in [1.54, 1.807) is 10.9 Å². The molecular formula is C22H38N10O3. The molecule has 1 amide bonds. The lowest BCUT2D eigenvalue weighted by Crippen LogP contribution is -2.44. The molecule has 0 aliphatic carbocycles. The highest BCUT2D eigenvalue weighted by Crippen LogP contribution is 2.31. The number of aliphatic hydroxyl groups excluding tert-OH is 1. The summed E-state index contributed by atoms with van der Waals surface area (Å²) in [5.41, 5.74) is 6.84. The Morgan fingerprint density at radius 3 is 2.69 bits per heavy atom. The highest BCUT2D eigenvalue weighted by atomic mass is 16.5. The Balaban J connectivity index is 1.25. The van der Waals surface area contributed by atoms with E-state index < -0.39 is 18.4 Å². The van der Waals surface area contributed by atoms with Gasteiger partial charge < -0.3 is 41.7 Å². The fourth-order valence-corrected chi connectivity index (χ4v) is 4.47. The largest absolute Gasteiger partial charge is 0.390 e. The van der Waals surface area contributed by atoms with E-state index in [1.807, 2.05) is 0 Å². The number of anilines is 1. The Morgan fingerprint density at radius 1 is 1.09 bits per heavy atom. The summed E-state index contributed by atoms with van der Waals surface area (Å²) in [5, 5.41) is 23.8. The van der Waals surface area contributed by atoms with Crippen molar-refractivity contribution in [2.45, 2.75) is 37.7 Å². The maximum Gasteiger partial charge on any atom is 0.251 e. The van der Waals surface area contributed by atoms with E-state index in [0.29, 0.717) is 17.7 Å². The van der Waals surface area contributed by atoms with Crippen molar-refractivity contribution in [2.75, 3.05) is 71.2 Å². The number of carbonyl (C=O) groups excluding carboxylic acids is 1. The number of rotatable bonds is 5. The van der Waals surface area contributed by atoms with Crippen LogP contribution in [-0.2, 0) is 9.53 Å². The number of ether oxygens (including phenoxy) is 1. The topological polar surface area (TPSA) is 168 Å². The van der Waals surface area contributed by atoms with Crippen LogP contribution >= 0.6 is 0 Å². The van der Waals surface area contributed by atoms with Gasteiger partial charge in [0.15, 0.2) is 17.6 Å². The molecule has 0 unspecified atom stereocenters. The minimum absolute atomic E-state index is 0.258. The van der Waals surface area contributed by atoms with E-state index in [9.17, 15) is 9.90 Å². The number of carbonyl (C=O) groups is 1. The summed E-state index contributed by atoms with van der Waals surface area (Å²) in [6.45, 7) is 8.99. The molecule has 35 heavy (non-hydrogen) atoms. The second-order valence-electron chi connectivity index (χ2n) is 8.99. The lowest BCUT2D eigenvalue weighted by molar-refractivity contribution is -0.137. The zero-order chi connectivity index (χ0) is 24.5. The third-order valence-corrected chi connectivity index (χ3v) is 6.40. The van der Waals surface area contributed by atoms with Gasteiger partial charge in [-0.3, -0.25) is 9.36 Å². The predicted octanol–water partition coefficient (Wildman–Crippen LogP) is -1.96. The first-order chi connectivity index (χ1) is 17.1. The molecular weight excluding hydrogens is 452 g/mol. The molecule has 13 nitrogen and oxygen atoms in total. The highest BCUT2D eigenvalue weighted by Gasteiger charge is 2.40. The second-order valence-corrected chi connectivity index (χ2v) is 8.99. The average molecular weight is 491 g/mol. The number of nitrogen functional groups attached to an aromatic ring is 1. The van der Waals surface area contributed by atoms with Gasteiger partial charge in [-0.15, -0.1) is 0 Å². The first kappa shape index (κ1) is 25.7. The van der Waals surface area contributed by atoms with Crippen molar-refractivity contribution in [1.82, 2.24) is 45.7 Å². The van der Waals surface area contributed by atoms with Gasteiger partial charge in [0.1, 0.15) is 18.1 Å². The van der Waals surface area contributed by atoms with E-state index in [-0.39, 0.29) is 18.1 Å². The summed E-state index contributed by atoms with van der Waals surface area (Å²) in [4.78, 5) is 27.5. The van der Waals surface area contributed by atoms with Crippen LogP contribution in [0.15, 0.2) is 12.7 Å². The fraction of sp³-hybridized carbons (Fsp3) is 0.727. The molecule has 4 heterocycles. The van der Waals surface area contributed by atoms with Crippen molar-refractivity contribution in [3.05, 3.63) is 12.7 Å². The summed E-state index contributed by atoms with van der Waals surface area (Å²) in [6.07, 6.45) is 2.89. The number of fused-ring (bicyclic) bond motifs is 1. The first-order valence-electron chi connectivity index (χ1n) is 12.5. The quantitative estimate of drug-likeness (QED) is 0.275. The van der Waals surface area contributed by atoms with E-state index in [0.717, 1.165) is 71.7 Å². The number of nitrogens with two attached hydrogens (primary N) is 1. The molecule has 0 aromatic carbocycles. The van der Waals surface area contributed by atoms with Crippen LogP contribution in [0.25, 0.3) is 11.2 Å². The van der Waals surface area contributed by atoms with Crippen LogP contribution in [0.1, 0.15) is 25.5 Å². The Bertz CT molecular complexity index is 927. The Labute approximate surface area is 205 Å². The first-order valence-corrected chi connectivity index (χ1v) is 12.5. The summed E-state index contributed by atoms with van der Waals surface area (Å²) in [6, 6.07) is 0. The van der Waals surface area contributed by atoms with Crippen LogP contribution in [0.5, 0.6) is 0 Å². The van der Waals surface area contributed by atoms with Crippen LogP contribution in [0.4, 0.5) is 5.82 Å². The monoisotopic (exact) mass is 490 g/mol. The fourth-order valence-electron chi connectivity index (χ4n) is 4.47. The van der Waals surface area contributed by atoms with E-state index in [2.05, 4.69) is 41.1 Å². The highest BCUT2D eigenvalue weighted by molar-refractivity contribution is 5.82. The molecule has 0 bridgehead atoms. The number of amides is 1. The van der Waals surface area contributed by atoms with E-state index in [1.165, 1.54) is 6.33 Å². The molecule has 4 rings (SSSR count). The third kappa shape index (κ3) is 7.06. The van der Waals surface area contributed by atoms with Gasteiger partial charge in [0, 0.05) is 45.7 Å². The average Bonchev–Trinajstić information content (AvgIpc) is 3.45. The molecule has 0 spiro atoms. The molecule has 2 aromatic heterocycles. The molecule has 2 aromatic rings. The third-order valence-electron chi connectivity index (χ3n) is 6.40. The van der Waals surface area contributed by atoms with Gasteiger partial charge in [0.05, 0.1) is 12.4 Å². The number of nitrogens with zero attached hydrogens (tertiary/aromatic N) is 5. The summed E-state index contributed by atoms with van der Waals surface area (Å²) >= 11 is 0. The van der Waals surface area contributed by atoms with Crippen molar-refractivity contribution in [1.29, 1.82) is 0 Å². The van der Waals surface area contributed by atoms with Crippen molar-refractivity contribution in [3.63, 3.8) is 0 Å². The molecule has 13 heteroatoms.